The van der Waals surface area contributed by atoms with Gasteiger partial charge in [-0.2, -0.15) is 4.37 Å². The third kappa shape index (κ3) is 1.42. The molecule has 1 aromatic rings. The van der Waals surface area contributed by atoms with Crippen LogP contribution in [0.25, 0.3) is 5.57 Å². The molecule has 0 aliphatic carbocycles. The summed E-state index contributed by atoms with van der Waals surface area (Å²) in [6, 6.07) is 2.09. The van der Waals surface area contributed by atoms with Gasteiger partial charge in [0.2, 0.25) is 0 Å². The first-order chi connectivity index (χ1) is 5.88. The molecule has 0 radical (unpaired) electrons. The minimum atomic E-state index is 0.982. The van der Waals surface area contributed by atoms with Gasteiger partial charge in [0.15, 0.2) is 0 Å². The van der Waals surface area contributed by atoms with E-state index < -0.39 is 0 Å². The van der Waals surface area contributed by atoms with Gasteiger partial charge in [0, 0.05) is 11.9 Å². The largest absolute Gasteiger partial charge is 0.312 e. The minimum Gasteiger partial charge on any atom is -0.312 e. The smallest absolute Gasteiger partial charge is 0.0812 e. The Kier molecular flexibility index (Phi) is 2.23. The summed E-state index contributed by atoms with van der Waals surface area (Å²) in [5, 5.41) is 5.39. The van der Waals surface area contributed by atoms with Gasteiger partial charge in [-0.15, -0.1) is 0 Å². The third-order valence-corrected chi connectivity index (χ3v) is 2.80. The van der Waals surface area contributed by atoms with Crippen molar-refractivity contribution in [2.75, 3.05) is 13.1 Å². The Morgan fingerprint density at radius 1 is 1.58 bits per heavy atom. The summed E-state index contributed by atoms with van der Waals surface area (Å²) in [5.74, 6) is 0. The van der Waals surface area contributed by atoms with Crippen molar-refractivity contribution in [1.29, 1.82) is 0 Å². The molecule has 1 aliphatic heterocycles. The molecule has 2 nitrogen and oxygen atoms in total. The molecule has 1 aromatic heterocycles. The molecular weight excluding hydrogens is 168 g/mol. The molecule has 3 heteroatoms. The molecule has 0 unspecified atom stereocenters. The second-order valence-electron chi connectivity index (χ2n) is 3.07. The average Bonchev–Trinajstić information content (AvgIpc) is 2.57. The van der Waals surface area contributed by atoms with Crippen LogP contribution in [0.1, 0.15) is 19.0 Å². The highest BCUT2D eigenvalue weighted by atomic mass is 32.1. The molecule has 0 saturated heterocycles. The van der Waals surface area contributed by atoms with Crippen molar-refractivity contribution in [3.63, 3.8) is 0 Å². The first-order valence-corrected chi connectivity index (χ1v) is 5.01. The van der Waals surface area contributed by atoms with E-state index in [1.54, 1.807) is 0 Å². The number of aromatic nitrogens is 1. The van der Waals surface area contributed by atoms with Crippen LogP contribution in [-0.2, 0) is 0 Å². The van der Waals surface area contributed by atoms with Crippen LogP contribution >= 0.6 is 11.5 Å². The molecule has 12 heavy (non-hydrogen) atoms. The van der Waals surface area contributed by atoms with Crippen LogP contribution in [0.2, 0.25) is 0 Å². The normalized spacial score (nSPS) is 18.4. The second kappa shape index (κ2) is 3.37. The monoisotopic (exact) mass is 180 g/mol. The fourth-order valence-corrected chi connectivity index (χ4v) is 2.00. The van der Waals surface area contributed by atoms with E-state index in [0.29, 0.717) is 0 Å². The highest BCUT2D eigenvalue weighted by Crippen LogP contribution is 2.21. The van der Waals surface area contributed by atoms with Gasteiger partial charge < -0.3 is 5.32 Å². The third-order valence-electron chi connectivity index (χ3n) is 2.24. The Labute approximate surface area is 76.5 Å². The molecule has 1 N–H and O–H groups in total. The topological polar surface area (TPSA) is 24.9 Å². The van der Waals surface area contributed by atoms with Gasteiger partial charge in [-0.05, 0) is 43.1 Å². The molecule has 64 valence electrons. The van der Waals surface area contributed by atoms with Crippen LogP contribution in [0.5, 0.6) is 0 Å². The van der Waals surface area contributed by atoms with Crippen molar-refractivity contribution in [3.05, 3.63) is 22.7 Å². The lowest BCUT2D eigenvalue weighted by Gasteiger charge is -2.17. The van der Waals surface area contributed by atoms with E-state index in [9.17, 15) is 0 Å². The van der Waals surface area contributed by atoms with Crippen LogP contribution in [0.15, 0.2) is 17.0 Å². The number of hydrogen-bond acceptors (Lipinski definition) is 3. The molecule has 0 bridgehead atoms. The number of hydrogen-bond donors (Lipinski definition) is 1. The van der Waals surface area contributed by atoms with Crippen molar-refractivity contribution in [2.24, 2.45) is 0 Å². The van der Waals surface area contributed by atoms with E-state index in [1.165, 1.54) is 22.7 Å². The predicted molar refractivity (Wildman–Crippen MR) is 52.2 cm³/mol. The Balaban J connectivity index is 2.33. The van der Waals surface area contributed by atoms with Gasteiger partial charge in [0.1, 0.15) is 0 Å². The van der Waals surface area contributed by atoms with Gasteiger partial charge in [-0.25, -0.2) is 0 Å². The molecule has 0 amide bonds. The molecule has 0 saturated carbocycles. The number of nitrogens with zero attached hydrogens (tertiary/aromatic N) is 1. The van der Waals surface area contributed by atoms with Crippen molar-refractivity contribution in [1.82, 2.24) is 9.69 Å². The molecular formula is C9H12N2S. The molecule has 1 aliphatic rings. The van der Waals surface area contributed by atoms with E-state index in [2.05, 4.69) is 22.7 Å². The van der Waals surface area contributed by atoms with Crippen molar-refractivity contribution in [3.8, 4) is 0 Å². The second-order valence-corrected chi connectivity index (χ2v) is 3.74. The van der Waals surface area contributed by atoms with Crippen LogP contribution in [0, 0.1) is 0 Å². The van der Waals surface area contributed by atoms with Gasteiger partial charge >= 0.3 is 0 Å². The molecule has 0 fully saturated rings. The quantitative estimate of drug-likeness (QED) is 0.714. The lowest BCUT2D eigenvalue weighted by molar-refractivity contribution is 0.714. The SMILES string of the molecule is CC1=C(c2ccsn2)CNCC1. The Hall–Kier alpha value is -0.670. The molecule has 2 rings (SSSR count). The molecule has 0 atom stereocenters. The van der Waals surface area contributed by atoms with Gasteiger partial charge in [0.25, 0.3) is 0 Å². The lowest BCUT2D eigenvalue weighted by atomic mass is 10.0. The van der Waals surface area contributed by atoms with E-state index in [0.717, 1.165) is 25.2 Å². The molecule has 0 spiro atoms. The van der Waals surface area contributed by atoms with Crippen LogP contribution in [0.3, 0.4) is 0 Å². The highest BCUT2D eigenvalue weighted by molar-refractivity contribution is 7.03. The molecule has 0 aromatic carbocycles. The summed E-state index contributed by atoms with van der Waals surface area (Å²) < 4.78 is 4.33. The summed E-state index contributed by atoms with van der Waals surface area (Å²) in [5.41, 5.74) is 4.03. The Bertz CT molecular complexity index is 287. The maximum Gasteiger partial charge on any atom is 0.0812 e. The van der Waals surface area contributed by atoms with E-state index in [1.807, 2.05) is 5.38 Å². The fourth-order valence-electron chi connectivity index (χ4n) is 1.47. The van der Waals surface area contributed by atoms with E-state index in [4.69, 9.17) is 0 Å². The predicted octanol–water partition coefficient (Wildman–Crippen LogP) is 1.91. The van der Waals surface area contributed by atoms with Crippen molar-refractivity contribution >= 4 is 17.1 Å². The van der Waals surface area contributed by atoms with Gasteiger partial charge in [-0.1, -0.05) is 5.57 Å². The first-order valence-electron chi connectivity index (χ1n) is 4.18. The Morgan fingerprint density at radius 3 is 3.17 bits per heavy atom. The number of rotatable bonds is 1. The summed E-state index contributed by atoms with van der Waals surface area (Å²) >= 11 is 1.52. The summed E-state index contributed by atoms with van der Waals surface area (Å²) in [7, 11) is 0. The summed E-state index contributed by atoms with van der Waals surface area (Å²) in [6.45, 7) is 4.30. The van der Waals surface area contributed by atoms with E-state index >= 15 is 0 Å². The average molecular weight is 180 g/mol. The highest BCUT2D eigenvalue weighted by Gasteiger charge is 2.11. The zero-order valence-electron chi connectivity index (χ0n) is 7.13. The standard InChI is InChI=1S/C9H12N2S/c1-7-2-4-10-6-8(7)9-3-5-12-11-9/h3,5,10H,2,4,6H2,1H3. The lowest BCUT2D eigenvalue weighted by Crippen LogP contribution is -2.23. The fraction of sp³-hybridized carbons (Fsp3) is 0.444. The van der Waals surface area contributed by atoms with Crippen LogP contribution < -0.4 is 5.32 Å². The summed E-state index contributed by atoms with van der Waals surface area (Å²) in [4.78, 5) is 0. The number of nitrogens with one attached hydrogen (secondary N) is 1. The van der Waals surface area contributed by atoms with Crippen molar-refractivity contribution < 1.29 is 0 Å². The minimum absolute atomic E-state index is 0.982. The maximum absolute atomic E-state index is 4.33. The zero-order valence-corrected chi connectivity index (χ0v) is 7.95. The van der Waals surface area contributed by atoms with Crippen LogP contribution in [0.4, 0.5) is 0 Å². The van der Waals surface area contributed by atoms with Crippen LogP contribution in [-0.4, -0.2) is 17.5 Å². The zero-order chi connectivity index (χ0) is 8.39. The summed E-state index contributed by atoms with van der Waals surface area (Å²) in [6.07, 6.45) is 1.16. The molecule has 2 heterocycles. The van der Waals surface area contributed by atoms with Gasteiger partial charge in [-0.3, -0.25) is 0 Å². The van der Waals surface area contributed by atoms with E-state index in [-0.39, 0.29) is 0 Å². The Morgan fingerprint density at radius 2 is 2.50 bits per heavy atom. The maximum atomic E-state index is 4.33. The van der Waals surface area contributed by atoms with Gasteiger partial charge in [0.05, 0.1) is 5.69 Å². The van der Waals surface area contributed by atoms with Crippen molar-refractivity contribution in [2.45, 2.75) is 13.3 Å². The first kappa shape index (κ1) is 7.95.